The Balaban J connectivity index is 1.39. The van der Waals surface area contributed by atoms with Gasteiger partial charge in [0.15, 0.2) is 12.1 Å². The van der Waals surface area contributed by atoms with Gasteiger partial charge in [-0.25, -0.2) is 4.39 Å². The third-order valence-corrected chi connectivity index (χ3v) is 8.14. The zero-order valence-electron chi connectivity index (χ0n) is 24.4. The van der Waals surface area contributed by atoms with Gasteiger partial charge in [-0.05, 0) is 93.1 Å². The fourth-order valence-corrected chi connectivity index (χ4v) is 5.80. The lowest BCUT2D eigenvalue weighted by atomic mass is 9.88. The average Bonchev–Trinajstić information content (AvgIpc) is 3.05. The molecule has 1 atom stereocenters. The molecule has 2 heterocycles. The number of benzene rings is 3. The number of para-hydroxylation sites is 2. The second kappa shape index (κ2) is 13.9. The number of ether oxygens (including phenoxy) is 3. The van der Waals surface area contributed by atoms with Crippen LogP contribution in [0.25, 0.3) is 0 Å². The van der Waals surface area contributed by atoms with Crippen molar-refractivity contribution < 1.29 is 28.2 Å². The summed E-state index contributed by atoms with van der Waals surface area (Å²) in [5, 5.41) is 0. The Morgan fingerprint density at radius 2 is 1.76 bits per heavy atom. The molecule has 0 saturated carbocycles. The molecule has 2 aliphatic heterocycles. The second-order valence-electron chi connectivity index (χ2n) is 10.8. The van der Waals surface area contributed by atoms with Crippen molar-refractivity contribution in [3.8, 4) is 5.75 Å². The van der Waals surface area contributed by atoms with Crippen molar-refractivity contribution in [2.24, 2.45) is 5.92 Å². The lowest BCUT2D eigenvalue weighted by molar-refractivity contribution is -0.168. The number of anilines is 2. The van der Waals surface area contributed by atoms with Gasteiger partial charge in [0.05, 0.1) is 25.0 Å². The molecule has 3 aromatic carbocycles. The van der Waals surface area contributed by atoms with E-state index in [1.807, 2.05) is 49.4 Å². The molecule has 3 aromatic rings. The Morgan fingerprint density at radius 3 is 2.45 bits per heavy atom. The number of methoxy groups -OCH3 is 1. The average molecular weight is 575 g/mol. The van der Waals surface area contributed by atoms with Gasteiger partial charge in [0.25, 0.3) is 5.91 Å². The first-order valence-corrected chi connectivity index (χ1v) is 14.8. The van der Waals surface area contributed by atoms with E-state index in [0.29, 0.717) is 68.3 Å². The molecular weight excluding hydrogens is 535 g/mol. The molecule has 0 aromatic heterocycles. The lowest BCUT2D eigenvalue weighted by Gasteiger charge is -2.35. The van der Waals surface area contributed by atoms with E-state index in [4.69, 9.17) is 14.2 Å². The third kappa shape index (κ3) is 6.82. The highest BCUT2D eigenvalue weighted by Gasteiger charge is 2.30. The maximum Gasteiger partial charge on any atom is 0.260 e. The molecule has 8 heteroatoms. The molecule has 0 aliphatic carbocycles. The summed E-state index contributed by atoms with van der Waals surface area (Å²) in [6.45, 7) is 4.75. The van der Waals surface area contributed by atoms with E-state index in [0.717, 1.165) is 30.5 Å². The van der Waals surface area contributed by atoms with Gasteiger partial charge < -0.3 is 24.0 Å². The number of nitrogens with zero attached hydrogens (tertiary/aromatic N) is 2. The van der Waals surface area contributed by atoms with Gasteiger partial charge in [-0.2, -0.15) is 0 Å². The predicted octanol–water partition coefficient (Wildman–Crippen LogP) is 6.64. The van der Waals surface area contributed by atoms with Gasteiger partial charge in [-0.1, -0.05) is 18.2 Å². The van der Waals surface area contributed by atoms with E-state index in [-0.39, 0.29) is 29.7 Å². The van der Waals surface area contributed by atoms with Crippen LogP contribution in [0, 0.1) is 11.7 Å². The van der Waals surface area contributed by atoms with E-state index in [9.17, 15) is 14.0 Å². The highest BCUT2D eigenvalue weighted by atomic mass is 19.1. The number of amides is 1. The number of hydrogen-bond donors (Lipinski definition) is 0. The smallest absolute Gasteiger partial charge is 0.260 e. The first-order valence-electron chi connectivity index (χ1n) is 14.8. The van der Waals surface area contributed by atoms with Crippen LogP contribution in [-0.4, -0.2) is 51.3 Å². The molecule has 0 N–H and O–H groups in total. The van der Waals surface area contributed by atoms with Gasteiger partial charge in [0.1, 0.15) is 11.6 Å². The Labute approximate surface area is 247 Å². The van der Waals surface area contributed by atoms with Crippen LogP contribution in [0.1, 0.15) is 65.3 Å². The monoisotopic (exact) mass is 574 g/mol. The van der Waals surface area contributed by atoms with Gasteiger partial charge in [-0.15, -0.1) is 0 Å². The maximum atomic E-state index is 14.1. The van der Waals surface area contributed by atoms with Crippen molar-refractivity contribution in [1.82, 2.24) is 0 Å². The molecule has 2 saturated heterocycles. The molecule has 0 spiro atoms. The van der Waals surface area contributed by atoms with Crippen molar-refractivity contribution >= 4 is 23.1 Å². The largest absolute Gasteiger partial charge is 0.495 e. The van der Waals surface area contributed by atoms with Gasteiger partial charge >= 0.3 is 0 Å². The fraction of sp³-hybridized carbons (Fsp3) is 0.412. The van der Waals surface area contributed by atoms with Crippen LogP contribution in [0.4, 0.5) is 15.8 Å². The number of rotatable bonds is 10. The van der Waals surface area contributed by atoms with Crippen LogP contribution in [0.3, 0.4) is 0 Å². The zero-order chi connectivity index (χ0) is 29.5. The van der Waals surface area contributed by atoms with Crippen molar-refractivity contribution in [3.63, 3.8) is 0 Å². The molecular formula is C34H39FN2O5. The van der Waals surface area contributed by atoms with Crippen LogP contribution in [0.15, 0.2) is 66.7 Å². The Bertz CT molecular complexity index is 1360. The fourth-order valence-electron chi connectivity index (χ4n) is 5.80. The lowest BCUT2D eigenvalue weighted by Crippen LogP contribution is -2.38. The highest BCUT2D eigenvalue weighted by molar-refractivity contribution is 6.10. The summed E-state index contributed by atoms with van der Waals surface area (Å²) in [5.41, 5.74) is 3.62. The number of hydrogen-bond acceptors (Lipinski definition) is 6. The zero-order valence-corrected chi connectivity index (χ0v) is 24.4. The summed E-state index contributed by atoms with van der Waals surface area (Å²) < 4.78 is 30.8. The first-order chi connectivity index (χ1) is 20.5. The number of carbonyl (C=O) groups excluding carboxylic acids is 2. The normalized spacial score (nSPS) is 17.6. The molecule has 0 bridgehead atoms. The minimum atomic E-state index is -0.355. The number of carbonyl (C=O) groups is 2. The summed E-state index contributed by atoms with van der Waals surface area (Å²) in [7, 11) is 1.60. The molecule has 42 heavy (non-hydrogen) atoms. The van der Waals surface area contributed by atoms with E-state index in [1.165, 1.54) is 12.1 Å². The minimum absolute atomic E-state index is 0.0360. The van der Waals surface area contributed by atoms with Crippen LogP contribution in [0.5, 0.6) is 5.75 Å². The summed E-state index contributed by atoms with van der Waals surface area (Å²) in [6, 6.07) is 19.1. The topological polar surface area (TPSA) is 68.3 Å². The minimum Gasteiger partial charge on any atom is -0.495 e. The summed E-state index contributed by atoms with van der Waals surface area (Å²) in [6.07, 6.45) is 4.10. The van der Waals surface area contributed by atoms with Gasteiger partial charge in [-0.3, -0.25) is 9.59 Å². The Kier molecular flexibility index (Phi) is 9.87. The van der Waals surface area contributed by atoms with Gasteiger partial charge in [0, 0.05) is 43.4 Å². The first kappa shape index (κ1) is 29.7. The quantitative estimate of drug-likeness (QED) is 0.253. The number of halogens is 1. The van der Waals surface area contributed by atoms with Gasteiger partial charge in [0.2, 0.25) is 0 Å². The van der Waals surface area contributed by atoms with E-state index in [1.54, 1.807) is 24.1 Å². The van der Waals surface area contributed by atoms with Crippen LogP contribution < -0.4 is 14.5 Å². The molecule has 5 rings (SSSR count). The molecule has 222 valence electrons. The van der Waals surface area contributed by atoms with E-state index >= 15 is 0 Å². The standard InChI is InChI=1S/C34H39FN2O5/c1-3-37(29-8-4-5-9-31(29)40-2)34(39)28-16-11-24(23-42-32-10-6-7-21-41-32)22-30(28)36-19-17-26(18-20-36)33(38)25-12-14-27(35)15-13-25/h4-5,8-9,11-16,22,26,32H,3,6-7,10,17-21,23H2,1-2H3. The van der Waals surface area contributed by atoms with Crippen molar-refractivity contribution in [1.29, 1.82) is 0 Å². The van der Waals surface area contributed by atoms with Crippen molar-refractivity contribution in [3.05, 3.63) is 89.2 Å². The molecule has 0 radical (unpaired) electrons. The summed E-state index contributed by atoms with van der Waals surface area (Å²) >= 11 is 0. The van der Waals surface area contributed by atoms with E-state index < -0.39 is 0 Å². The van der Waals surface area contributed by atoms with Crippen molar-refractivity contribution in [2.75, 3.05) is 43.2 Å². The third-order valence-electron chi connectivity index (χ3n) is 8.14. The maximum absolute atomic E-state index is 14.1. The van der Waals surface area contributed by atoms with Crippen LogP contribution in [-0.2, 0) is 16.1 Å². The predicted molar refractivity (Wildman–Crippen MR) is 161 cm³/mol. The molecule has 1 amide bonds. The molecule has 1 unspecified atom stereocenters. The molecule has 2 fully saturated rings. The number of piperidine rings is 1. The van der Waals surface area contributed by atoms with E-state index in [2.05, 4.69) is 4.90 Å². The molecule has 2 aliphatic rings. The molecule has 7 nitrogen and oxygen atoms in total. The van der Waals surface area contributed by atoms with Crippen molar-refractivity contribution in [2.45, 2.75) is 51.9 Å². The Morgan fingerprint density at radius 1 is 1.00 bits per heavy atom. The van der Waals surface area contributed by atoms with Crippen LogP contribution in [0.2, 0.25) is 0 Å². The number of ketones is 1. The highest BCUT2D eigenvalue weighted by Crippen LogP contribution is 2.34. The van der Waals surface area contributed by atoms with Crippen LogP contribution >= 0.6 is 0 Å². The summed E-state index contributed by atoms with van der Waals surface area (Å²) in [5.74, 6) is 0.0404. The number of Topliss-reactive ketones (excluding diaryl/α,β-unsaturated/α-hetero) is 1. The SMILES string of the molecule is CCN(C(=O)c1ccc(COC2CCCCO2)cc1N1CCC(C(=O)c2ccc(F)cc2)CC1)c1ccccc1OC. The second-order valence-corrected chi connectivity index (χ2v) is 10.8. The summed E-state index contributed by atoms with van der Waals surface area (Å²) in [4.78, 5) is 31.2. The Hall–Kier alpha value is -3.75.